The molecule has 7 heteroatoms. The van der Waals surface area contributed by atoms with Crippen LogP contribution >= 0.6 is 0 Å². The molecule has 1 saturated heterocycles. The van der Waals surface area contributed by atoms with Crippen molar-refractivity contribution in [1.29, 1.82) is 0 Å². The van der Waals surface area contributed by atoms with Crippen LogP contribution in [-0.2, 0) is 9.59 Å². The van der Waals surface area contributed by atoms with Crippen LogP contribution in [0.3, 0.4) is 0 Å². The zero-order chi connectivity index (χ0) is 15.1. The predicted molar refractivity (Wildman–Crippen MR) is 73.7 cm³/mol. The largest absolute Gasteiger partial charge is 0.860 e. The highest BCUT2D eigenvalue weighted by atomic mass is 16.3. The van der Waals surface area contributed by atoms with Crippen molar-refractivity contribution in [3.8, 4) is 11.8 Å². The molecule has 1 aromatic heterocycles. The van der Waals surface area contributed by atoms with Gasteiger partial charge in [0.1, 0.15) is 6.04 Å². The number of carbonyl (C=O) groups is 2. The number of amides is 2. The molecule has 108 valence electrons. The quantitative estimate of drug-likeness (QED) is 0.626. The second-order valence-electron chi connectivity index (χ2n) is 4.82. The minimum absolute atomic E-state index is 0.121. The van der Waals surface area contributed by atoms with E-state index in [1.165, 1.54) is 0 Å². The molecule has 0 bridgehead atoms. The first kappa shape index (κ1) is 13.2. The number of fused-ring (bicyclic) bond motifs is 1. The van der Waals surface area contributed by atoms with Gasteiger partial charge in [0.05, 0.1) is 11.1 Å². The number of aliphatic imine (C=N–C) groups is 1. The van der Waals surface area contributed by atoms with Crippen LogP contribution in [0.1, 0.15) is 18.9 Å². The van der Waals surface area contributed by atoms with Crippen molar-refractivity contribution in [3.63, 3.8) is 0 Å². The molecule has 2 N–H and O–H groups in total. The molecule has 1 fully saturated rings. The van der Waals surface area contributed by atoms with Gasteiger partial charge in [0.25, 0.3) is 0 Å². The Morgan fingerprint density at radius 1 is 1.43 bits per heavy atom. The number of hydrogen-bond donors (Lipinski definition) is 2. The normalized spacial score (nSPS) is 18.8. The van der Waals surface area contributed by atoms with Crippen molar-refractivity contribution < 1.29 is 19.8 Å². The van der Waals surface area contributed by atoms with E-state index in [1.807, 2.05) is 0 Å². The van der Waals surface area contributed by atoms with Crippen LogP contribution in [0.4, 0.5) is 5.69 Å². The molecule has 0 spiro atoms. The van der Waals surface area contributed by atoms with E-state index in [1.54, 1.807) is 18.2 Å². The van der Waals surface area contributed by atoms with Crippen molar-refractivity contribution in [2.45, 2.75) is 18.9 Å². The number of piperidine rings is 1. The lowest BCUT2D eigenvalue weighted by atomic mass is 10.1. The summed E-state index contributed by atoms with van der Waals surface area (Å²) in [5.74, 6) is -1.78. The van der Waals surface area contributed by atoms with Gasteiger partial charge in [0, 0.05) is 6.42 Å². The number of rotatable bonds is 2. The van der Waals surface area contributed by atoms with Gasteiger partial charge in [-0.15, -0.1) is 0 Å². The average molecular weight is 286 g/mol. The van der Waals surface area contributed by atoms with Crippen LogP contribution in [-0.4, -0.2) is 28.2 Å². The maximum absolute atomic E-state index is 12.4. The molecular weight excluding hydrogens is 274 g/mol. The van der Waals surface area contributed by atoms with Crippen LogP contribution in [0.2, 0.25) is 0 Å². The Hall–Kier alpha value is -2.83. The van der Waals surface area contributed by atoms with Gasteiger partial charge in [-0.05, 0) is 30.5 Å². The van der Waals surface area contributed by atoms with Crippen molar-refractivity contribution in [3.05, 3.63) is 18.2 Å². The Bertz CT molecular complexity index is 778. The fourth-order valence-corrected chi connectivity index (χ4v) is 2.65. The number of aromatic hydroxyl groups is 1. The lowest BCUT2D eigenvalue weighted by molar-refractivity contribution is -0.277. The molecule has 2 aromatic rings. The van der Waals surface area contributed by atoms with E-state index in [9.17, 15) is 19.8 Å². The van der Waals surface area contributed by atoms with Crippen molar-refractivity contribution in [1.82, 2.24) is 9.88 Å². The number of carbonyl (C=O) groups excluding carboxylic acids is 2. The average Bonchev–Trinajstić information content (AvgIpc) is 2.72. The van der Waals surface area contributed by atoms with Gasteiger partial charge in [0.15, 0.2) is 0 Å². The Balaban J connectivity index is 2.22. The predicted octanol–water partition coefficient (Wildman–Crippen LogP) is 0.730. The number of aromatic nitrogens is 1. The van der Waals surface area contributed by atoms with Gasteiger partial charge in [-0.1, -0.05) is 12.1 Å². The minimum Gasteiger partial charge on any atom is -0.860 e. The van der Waals surface area contributed by atoms with Gasteiger partial charge >= 0.3 is 0 Å². The highest BCUT2D eigenvalue weighted by molar-refractivity contribution is 6.03. The zero-order valence-corrected chi connectivity index (χ0v) is 11.0. The number of benzene rings is 1. The third-order valence-electron chi connectivity index (χ3n) is 3.64. The molecule has 0 radical (unpaired) electrons. The van der Waals surface area contributed by atoms with E-state index in [2.05, 4.69) is 17.0 Å². The smallest absolute Gasteiger partial charge is 0.249 e. The van der Waals surface area contributed by atoms with Crippen LogP contribution in [0, 0.1) is 0 Å². The molecule has 1 atom stereocenters. The van der Waals surface area contributed by atoms with E-state index in [-0.39, 0.29) is 35.4 Å². The van der Waals surface area contributed by atoms with Gasteiger partial charge in [0.2, 0.25) is 17.7 Å². The number of imide groups is 1. The first-order chi connectivity index (χ1) is 10.0. The Kier molecular flexibility index (Phi) is 2.90. The molecule has 21 heavy (non-hydrogen) atoms. The van der Waals surface area contributed by atoms with Gasteiger partial charge in [-0.2, -0.15) is 0 Å². The molecule has 7 nitrogen and oxygen atoms in total. The standard InChI is InChI=1S/C14H13N3O4/c1-15-8-4-2-3-7-11(8)14(21)17(13(7)20)9-5-6-10(18)16-12(9)19/h2-4,9,20-21H,1,5-6H2,(H,16,18,19)/p-1. The molecule has 2 heterocycles. The molecule has 1 aromatic carbocycles. The SMILES string of the molecule is C=Nc1cccc2c([O-])n(C3CCC(=O)NC3=O)c(O)c12. The first-order valence-corrected chi connectivity index (χ1v) is 6.38. The third kappa shape index (κ3) is 1.85. The summed E-state index contributed by atoms with van der Waals surface area (Å²) in [5.41, 5.74) is 0.369. The molecule has 0 saturated carbocycles. The highest BCUT2D eigenvalue weighted by Gasteiger charge is 2.31. The summed E-state index contributed by atoms with van der Waals surface area (Å²) >= 11 is 0. The van der Waals surface area contributed by atoms with Crippen LogP contribution in [0.15, 0.2) is 23.2 Å². The molecule has 1 aliphatic rings. The van der Waals surface area contributed by atoms with E-state index in [0.29, 0.717) is 5.69 Å². The summed E-state index contributed by atoms with van der Waals surface area (Å²) < 4.78 is 1.01. The maximum Gasteiger partial charge on any atom is 0.249 e. The van der Waals surface area contributed by atoms with Crippen LogP contribution in [0.5, 0.6) is 11.8 Å². The summed E-state index contributed by atoms with van der Waals surface area (Å²) in [6.45, 7) is 3.40. The highest BCUT2D eigenvalue weighted by Crippen LogP contribution is 2.43. The molecule has 0 aliphatic carbocycles. The Labute approximate surface area is 119 Å². The lowest BCUT2D eigenvalue weighted by Crippen LogP contribution is -2.41. The van der Waals surface area contributed by atoms with Crippen molar-refractivity contribution >= 4 is 35.0 Å². The Morgan fingerprint density at radius 3 is 2.86 bits per heavy atom. The van der Waals surface area contributed by atoms with Gasteiger partial charge in [-0.25, -0.2) is 0 Å². The Morgan fingerprint density at radius 2 is 2.19 bits per heavy atom. The number of hydrogen-bond acceptors (Lipinski definition) is 5. The van der Waals surface area contributed by atoms with E-state index < -0.39 is 17.8 Å². The molecular formula is C14H12N3O4-. The zero-order valence-electron chi connectivity index (χ0n) is 11.0. The fourth-order valence-electron chi connectivity index (χ4n) is 2.65. The summed E-state index contributed by atoms with van der Waals surface area (Å²) in [5, 5.41) is 25.5. The topological polar surface area (TPSA) is 107 Å². The van der Waals surface area contributed by atoms with Crippen LogP contribution in [0.25, 0.3) is 10.8 Å². The maximum atomic E-state index is 12.4. The molecule has 1 aliphatic heterocycles. The number of nitrogens with one attached hydrogen (secondary N) is 1. The third-order valence-corrected chi connectivity index (χ3v) is 3.64. The summed E-state index contributed by atoms with van der Waals surface area (Å²) in [7, 11) is 0. The lowest BCUT2D eigenvalue weighted by Gasteiger charge is -2.26. The molecule has 3 rings (SSSR count). The van der Waals surface area contributed by atoms with Crippen molar-refractivity contribution in [2.75, 3.05) is 0 Å². The van der Waals surface area contributed by atoms with E-state index >= 15 is 0 Å². The van der Waals surface area contributed by atoms with Gasteiger partial charge in [-0.3, -0.25) is 19.9 Å². The summed E-state index contributed by atoms with van der Waals surface area (Å²) in [6.07, 6.45) is 0.293. The van der Waals surface area contributed by atoms with Crippen molar-refractivity contribution in [2.24, 2.45) is 4.99 Å². The first-order valence-electron chi connectivity index (χ1n) is 6.38. The van der Waals surface area contributed by atoms with Gasteiger partial charge < -0.3 is 14.8 Å². The summed E-state index contributed by atoms with van der Waals surface area (Å²) in [4.78, 5) is 26.9. The minimum atomic E-state index is -0.903. The van der Waals surface area contributed by atoms with Crippen LogP contribution < -0.4 is 10.4 Å². The van der Waals surface area contributed by atoms with E-state index in [4.69, 9.17) is 0 Å². The van der Waals surface area contributed by atoms with E-state index in [0.717, 1.165) is 4.57 Å². The second-order valence-corrected chi connectivity index (χ2v) is 4.82. The molecule has 2 amide bonds. The molecule has 1 unspecified atom stereocenters. The number of nitrogens with zero attached hydrogens (tertiary/aromatic N) is 2. The fraction of sp³-hybridized carbons (Fsp3) is 0.214. The monoisotopic (exact) mass is 286 g/mol. The summed E-state index contributed by atoms with van der Waals surface area (Å²) in [6, 6.07) is 3.89. The second kappa shape index (κ2) is 4.62.